The van der Waals surface area contributed by atoms with Crippen LogP contribution in [0.2, 0.25) is 0 Å². The topological polar surface area (TPSA) is 59.5 Å². The van der Waals surface area contributed by atoms with Gasteiger partial charge in [-0.3, -0.25) is 4.79 Å². The molecule has 24 heavy (non-hydrogen) atoms. The van der Waals surface area contributed by atoms with Gasteiger partial charge in [0.25, 0.3) is 0 Å². The highest BCUT2D eigenvalue weighted by atomic mass is 16.3. The first-order valence-electron chi connectivity index (χ1n) is 8.47. The summed E-state index contributed by atoms with van der Waals surface area (Å²) in [5, 5.41) is 2.92. The summed E-state index contributed by atoms with van der Waals surface area (Å²) in [7, 11) is 0. The van der Waals surface area contributed by atoms with Crippen LogP contribution in [0.5, 0.6) is 0 Å². The van der Waals surface area contributed by atoms with E-state index in [1.807, 2.05) is 41.1 Å². The van der Waals surface area contributed by atoms with Crippen LogP contribution in [0.3, 0.4) is 0 Å². The van der Waals surface area contributed by atoms with Crippen molar-refractivity contribution in [3.63, 3.8) is 0 Å². The van der Waals surface area contributed by atoms with E-state index < -0.39 is 0 Å². The maximum absolute atomic E-state index is 12.0. The number of rotatable bonds is 6. The van der Waals surface area contributed by atoms with Crippen LogP contribution in [0, 0.1) is 5.92 Å². The number of amides is 1. The lowest BCUT2D eigenvalue weighted by Gasteiger charge is -2.02. The number of aromatic nitrogens is 2. The Hall–Kier alpha value is -2.56. The van der Waals surface area contributed by atoms with Gasteiger partial charge in [-0.2, -0.15) is 0 Å². The molecule has 1 saturated carbocycles. The van der Waals surface area contributed by atoms with Crippen molar-refractivity contribution in [3.05, 3.63) is 59.9 Å². The Morgan fingerprint density at radius 3 is 3.04 bits per heavy atom. The molecule has 0 radical (unpaired) electrons. The molecule has 0 aliphatic heterocycles. The van der Waals surface area contributed by atoms with E-state index >= 15 is 0 Å². The third-order valence-corrected chi connectivity index (χ3v) is 4.64. The second-order valence-electron chi connectivity index (χ2n) is 6.60. The zero-order chi connectivity index (χ0) is 16.5. The number of carbonyl (C=O) groups excluding carboxylic acids is 1. The number of aryl methyl sites for hydroxylation is 1. The van der Waals surface area contributed by atoms with Crippen molar-refractivity contribution in [1.29, 1.82) is 0 Å². The molecule has 1 fully saturated rings. The van der Waals surface area contributed by atoms with Gasteiger partial charge in [-0.05, 0) is 36.6 Å². The molecule has 1 amide bonds. The summed E-state index contributed by atoms with van der Waals surface area (Å²) >= 11 is 0. The van der Waals surface area contributed by atoms with E-state index in [2.05, 4.69) is 23.3 Å². The Labute approximate surface area is 140 Å². The number of hydrogen-bond donors (Lipinski definition) is 1. The van der Waals surface area contributed by atoms with Crippen molar-refractivity contribution >= 4 is 11.6 Å². The van der Waals surface area contributed by atoms with Crippen LogP contribution in [0.15, 0.2) is 47.1 Å². The zero-order valence-corrected chi connectivity index (χ0v) is 13.7. The van der Waals surface area contributed by atoms with Gasteiger partial charge >= 0.3 is 0 Å². The first-order valence-corrected chi connectivity index (χ1v) is 8.47. The molecule has 0 unspecified atom stereocenters. The lowest BCUT2D eigenvalue weighted by atomic mass is 10.2. The highest BCUT2D eigenvalue weighted by Gasteiger charge is 2.36. The smallest absolute Gasteiger partial charge is 0.220 e. The molecular formula is C19H21N3O2. The number of pyridine rings is 1. The summed E-state index contributed by atoms with van der Waals surface area (Å²) in [5.74, 6) is 3.31. The lowest BCUT2D eigenvalue weighted by molar-refractivity contribution is -0.121. The van der Waals surface area contributed by atoms with Gasteiger partial charge in [0, 0.05) is 31.2 Å². The molecular weight excluding hydrogens is 302 g/mol. The monoisotopic (exact) mass is 323 g/mol. The molecule has 3 aromatic rings. The molecule has 5 heteroatoms. The summed E-state index contributed by atoms with van der Waals surface area (Å²) in [6, 6.07) is 9.90. The SMILES string of the molecule is C[C@H]1C[C@@H]1c1ccc(CCC(=O)NCc2cn3ccccc3n2)o1. The van der Waals surface area contributed by atoms with Crippen molar-refractivity contribution in [2.24, 2.45) is 5.92 Å². The molecule has 5 nitrogen and oxygen atoms in total. The van der Waals surface area contributed by atoms with Crippen molar-refractivity contribution in [3.8, 4) is 0 Å². The minimum Gasteiger partial charge on any atom is -0.466 e. The second kappa shape index (κ2) is 6.15. The third-order valence-electron chi connectivity index (χ3n) is 4.64. The molecule has 1 aliphatic carbocycles. The Balaban J connectivity index is 1.26. The highest BCUT2D eigenvalue weighted by molar-refractivity contribution is 5.76. The van der Waals surface area contributed by atoms with E-state index in [0.29, 0.717) is 25.3 Å². The van der Waals surface area contributed by atoms with Gasteiger partial charge in [-0.25, -0.2) is 4.98 Å². The van der Waals surface area contributed by atoms with Crippen molar-refractivity contribution in [2.75, 3.05) is 0 Å². The van der Waals surface area contributed by atoms with Crippen LogP contribution in [-0.4, -0.2) is 15.3 Å². The van der Waals surface area contributed by atoms with Crippen molar-refractivity contribution in [2.45, 2.75) is 38.6 Å². The number of nitrogens with one attached hydrogen (secondary N) is 1. The summed E-state index contributed by atoms with van der Waals surface area (Å²) < 4.78 is 7.78. The van der Waals surface area contributed by atoms with Crippen LogP contribution in [0.4, 0.5) is 0 Å². The first-order chi connectivity index (χ1) is 11.7. The van der Waals surface area contributed by atoms with Gasteiger partial charge < -0.3 is 14.1 Å². The highest BCUT2D eigenvalue weighted by Crippen LogP contribution is 2.47. The van der Waals surface area contributed by atoms with Crippen molar-refractivity contribution in [1.82, 2.24) is 14.7 Å². The lowest BCUT2D eigenvalue weighted by Crippen LogP contribution is -2.23. The van der Waals surface area contributed by atoms with Gasteiger partial charge in [-0.15, -0.1) is 0 Å². The Bertz CT molecular complexity index is 831. The fourth-order valence-electron chi connectivity index (χ4n) is 3.03. The fraction of sp³-hybridized carbons (Fsp3) is 0.368. The molecule has 3 heterocycles. The van der Waals surface area contributed by atoms with Gasteiger partial charge in [0.05, 0.1) is 12.2 Å². The average molecular weight is 323 g/mol. The molecule has 0 aromatic carbocycles. The minimum absolute atomic E-state index is 0.0183. The predicted molar refractivity (Wildman–Crippen MR) is 90.6 cm³/mol. The van der Waals surface area contributed by atoms with E-state index in [1.165, 1.54) is 6.42 Å². The molecule has 124 valence electrons. The van der Waals surface area contributed by atoms with Crippen LogP contribution < -0.4 is 5.32 Å². The maximum Gasteiger partial charge on any atom is 0.220 e. The van der Waals surface area contributed by atoms with E-state index in [4.69, 9.17) is 4.42 Å². The quantitative estimate of drug-likeness (QED) is 0.757. The fourth-order valence-corrected chi connectivity index (χ4v) is 3.03. The summed E-state index contributed by atoms with van der Waals surface area (Å²) in [6.07, 6.45) is 6.17. The number of fused-ring (bicyclic) bond motifs is 1. The molecule has 1 N–H and O–H groups in total. The van der Waals surface area contributed by atoms with Crippen LogP contribution in [0.25, 0.3) is 5.65 Å². The Morgan fingerprint density at radius 1 is 1.38 bits per heavy atom. The van der Waals surface area contributed by atoms with Crippen LogP contribution in [-0.2, 0) is 17.8 Å². The van der Waals surface area contributed by atoms with Crippen molar-refractivity contribution < 1.29 is 9.21 Å². The third kappa shape index (κ3) is 3.20. The van der Waals surface area contributed by atoms with Gasteiger partial charge in [-0.1, -0.05) is 13.0 Å². The van der Waals surface area contributed by atoms with E-state index in [1.54, 1.807) is 0 Å². The second-order valence-corrected chi connectivity index (χ2v) is 6.60. The number of hydrogen-bond acceptors (Lipinski definition) is 3. The molecule has 4 rings (SSSR count). The number of nitrogens with zero attached hydrogens (tertiary/aromatic N) is 2. The summed E-state index contributed by atoms with van der Waals surface area (Å²) in [4.78, 5) is 16.5. The normalized spacial score (nSPS) is 19.5. The molecule has 0 spiro atoms. The number of furan rings is 1. The van der Waals surface area contributed by atoms with Gasteiger partial charge in [0.2, 0.25) is 5.91 Å². The van der Waals surface area contributed by atoms with Gasteiger partial charge in [0.1, 0.15) is 17.2 Å². The summed E-state index contributed by atoms with van der Waals surface area (Å²) in [6.45, 7) is 2.68. The Morgan fingerprint density at radius 2 is 2.25 bits per heavy atom. The van der Waals surface area contributed by atoms with Gasteiger partial charge in [0.15, 0.2) is 0 Å². The molecule has 3 aromatic heterocycles. The Kier molecular flexibility index (Phi) is 3.84. The minimum atomic E-state index is 0.0183. The zero-order valence-electron chi connectivity index (χ0n) is 13.7. The molecule has 2 atom stereocenters. The van der Waals surface area contributed by atoms with E-state index in [-0.39, 0.29) is 5.91 Å². The predicted octanol–water partition coefficient (Wildman–Crippen LogP) is 3.30. The number of imidazole rings is 1. The standard InChI is InChI=1S/C19H21N3O2/c1-13-10-16(13)17-7-5-15(24-17)6-8-19(23)20-11-14-12-22-9-3-2-4-18(22)21-14/h2-5,7,9,12-13,16H,6,8,10-11H2,1H3,(H,20,23)/t13-,16-/m0/s1. The average Bonchev–Trinajstić information content (AvgIpc) is 3.02. The first kappa shape index (κ1) is 15.0. The van der Waals surface area contributed by atoms with Crippen LogP contribution >= 0.6 is 0 Å². The maximum atomic E-state index is 12.0. The molecule has 0 bridgehead atoms. The van der Waals surface area contributed by atoms with Crippen LogP contribution in [0.1, 0.15) is 42.9 Å². The van der Waals surface area contributed by atoms with E-state index in [0.717, 1.165) is 28.8 Å². The molecule has 1 aliphatic rings. The largest absolute Gasteiger partial charge is 0.466 e. The molecule has 0 saturated heterocycles. The van der Waals surface area contributed by atoms with E-state index in [9.17, 15) is 4.79 Å². The summed E-state index contributed by atoms with van der Waals surface area (Å²) in [5.41, 5.74) is 1.75. The number of carbonyl (C=O) groups is 1.